The first-order valence-electron chi connectivity index (χ1n) is 6.11. The molecular weight excluding hydrogens is 287 g/mol. The minimum atomic E-state index is 0.356. The lowest BCUT2D eigenvalue weighted by molar-refractivity contribution is 0.310. The molecule has 0 amide bonds. The van der Waals surface area contributed by atoms with Crippen LogP contribution in [0.1, 0.15) is 19.8 Å². The summed E-state index contributed by atoms with van der Waals surface area (Å²) in [6.07, 6.45) is 3.61. The highest BCUT2D eigenvalue weighted by Gasteiger charge is 2.03. The molecule has 0 saturated heterocycles. The van der Waals surface area contributed by atoms with Crippen molar-refractivity contribution >= 4 is 29.2 Å². The van der Waals surface area contributed by atoms with E-state index >= 15 is 0 Å². The summed E-state index contributed by atoms with van der Waals surface area (Å²) in [7, 11) is 0. The second kappa shape index (κ2) is 8.82. The van der Waals surface area contributed by atoms with Crippen LogP contribution < -0.4 is 15.8 Å². The first-order chi connectivity index (χ1) is 9.13. The van der Waals surface area contributed by atoms with Crippen molar-refractivity contribution in [1.82, 2.24) is 10.3 Å². The number of pyridine rings is 1. The number of guanidine groups is 1. The smallest absolute Gasteiger partial charge is 0.232 e. The minimum Gasteiger partial charge on any atom is -0.475 e. The maximum absolute atomic E-state index is 5.91. The molecule has 5 nitrogen and oxygen atoms in total. The summed E-state index contributed by atoms with van der Waals surface area (Å²) >= 11 is 11.6. The monoisotopic (exact) mass is 304 g/mol. The van der Waals surface area contributed by atoms with E-state index in [-0.39, 0.29) is 0 Å². The molecule has 0 unspecified atom stereocenters. The number of halogens is 2. The van der Waals surface area contributed by atoms with Crippen molar-refractivity contribution in [3.63, 3.8) is 0 Å². The zero-order chi connectivity index (χ0) is 14.1. The van der Waals surface area contributed by atoms with Gasteiger partial charge in [-0.1, -0.05) is 36.5 Å². The zero-order valence-electron chi connectivity index (χ0n) is 10.8. The lowest BCUT2D eigenvalue weighted by Crippen LogP contribution is -2.34. The molecule has 3 N–H and O–H groups in total. The molecule has 106 valence electrons. The number of hydrogen-bond donors (Lipinski definition) is 2. The maximum Gasteiger partial charge on any atom is 0.232 e. The molecule has 7 heteroatoms. The van der Waals surface area contributed by atoms with Crippen molar-refractivity contribution in [2.24, 2.45) is 10.7 Å². The van der Waals surface area contributed by atoms with E-state index in [0.29, 0.717) is 35.0 Å². The molecule has 1 aromatic heterocycles. The predicted molar refractivity (Wildman–Crippen MR) is 79.2 cm³/mol. The lowest BCUT2D eigenvalue weighted by atomic mass is 10.3. The molecule has 0 fully saturated rings. The van der Waals surface area contributed by atoms with E-state index in [9.17, 15) is 0 Å². The number of hydrogen-bond acceptors (Lipinski definition) is 3. The van der Waals surface area contributed by atoms with E-state index in [2.05, 4.69) is 22.2 Å². The number of nitrogens with one attached hydrogen (secondary N) is 1. The Hall–Kier alpha value is -1.20. The fraction of sp³-hybridized carbons (Fsp3) is 0.500. The SMILES string of the molecule is CCCCN=C(N)NCCOc1ncc(Cl)cc1Cl. The van der Waals surface area contributed by atoms with Crippen molar-refractivity contribution in [3.8, 4) is 5.88 Å². The van der Waals surface area contributed by atoms with Gasteiger partial charge in [0.2, 0.25) is 5.88 Å². The number of unbranched alkanes of at least 4 members (excludes halogenated alkanes) is 1. The second-order valence-electron chi connectivity index (χ2n) is 3.84. The van der Waals surface area contributed by atoms with Gasteiger partial charge in [0.1, 0.15) is 11.6 Å². The molecule has 0 atom stereocenters. The number of nitrogens with two attached hydrogens (primary N) is 1. The Morgan fingerprint density at radius 3 is 3.00 bits per heavy atom. The molecule has 19 heavy (non-hydrogen) atoms. The highest BCUT2D eigenvalue weighted by Crippen LogP contribution is 2.24. The summed E-state index contributed by atoms with van der Waals surface area (Å²) in [5.74, 6) is 0.779. The van der Waals surface area contributed by atoms with Gasteiger partial charge in [0.25, 0.3) is 0 Å². The molecular formula is C12H18Cl2N4O. The van der Waals surface area contributed by atoms with E-state index in [4.69, 9.17) is 33.7 Å². The fourth-order valence-electron chi connectivity index (χ4n) is 1.25. The molecule has 0 aliphatic rings. The summed E-state index contributed by atoms with van der Waals surface area (Å²) in [5.41, 5.74) is 5.67. The van der Waals surface area contributed by atoms with Gasteiger partial charge in [-0.15, -0.1) is 0 Å². The van der Waals surface area contributed by atoms with Crippen LogP contribution in [0, 0.1) is 0 Å². The van der Waals surface area contributed by atoms with Gasteiger partial charge in [-0.05, 0) is 12.5 Å². The summed E-state index contributed by atoms with van der Waals surface area (Å²) in [6, 6.07) is 1.58. The van der Waals surface area contributed by atoms with Crippen molar-refractivity contribution in [1.29, 1.82) is 0 Å². The van der Waals surface area contributed by atoms with Crippen LogP contribution in [0.5, 0.6) is 5.88 Å². The summed E-state index contributed by atoms with van der Waals surface area (Å²) in [5, 5.41) is 3.81. The second-order valence-corrected chi connectivity index (χ2v) is 4.68. The number of aromatic nitrogens is 1. The molecule has 0 aromatic carbocycles. The molecule has 1 aromatic rings. The van der Waals surface area contributed by atoms with E-state index in [0.717, 1.165) is 19.4 Å². The van der Waals surface area contributed by atoms with Gasteiger partial charge in [0.15, 0.2) is 5.96 Å². The lowest BCUT2D eigenvalue weighted by Gasteiger charge is -2.08. The van der Waals surface area contributed by atoms with Gasteiger partial charge in [0, 0.05) is 12.7 Å². The highest BCUT2D eigenvalue weighted by atomic mass is 35.5. The predicted octanol–water partition coefficient (Wildman–Crippen LogP) is 2.47. The van der Waals surface area contributed by atoms with Gasteiger partial charge in [-0.3, -0.25) is 4.99 Å². The van der Waals surface area contributed by atoms with Crippen molar-refractivity contribution < 1.29 is 4.74 Å². The van der Waals surface area contributed by atoms with Crippen molar-refractivity contribution in [2.45, 2.75) is 19.8 Å². The van der Waals surface area contributed by atoms with Crippen LogP contribution in [-0.2, 0) is 0 Å². The van der Waals surface area contributed by atoms with Crippen LogP contribution in [0.15, 0.2) is 17.3 Å². The van der Waals surface area contributed by atoms with Crippen molar-refractivity contribution in [2.75, 3.05) is 19.7 Å². The van der Waals surface area contributed by atoms with Crippen LogP contribution in [0.2, 0.25) is 10.0 Å². The zero-order valence-corrected chi connectivity index (χ0v) is 12.3. The maximum atomic E-state index is 5.91. The number of nitrogens with zero attached hydrogens (tertiary/aromatic N) is 2. The third kappa shape index (κ3) is 6.50. The summed E-state index contributed by atoms with van der Waals surface area (Å²) in [6.45, 7) is 3.76. The highest BCUT2D eigenvalue weighted by molar-refractivity contribution is 6.35. The van der Waals surface area contributed by atoms with Crippen LogP contribution in [-0.4, -0.2) is 30.6 Å². The quantitative estimate of drug-likeness (QED) is 0.461. The number of aliphatic imine (C=N–C) groups is 1. The largest absolute Gasteiger partial charge is 0.475 e. The van der Waals surface area contributed by atoms with E-state index in [1.54, 1.807) is 6.07 Å². The number of rotatable bonds is 7. The van der Waals surface area contributed by atoms with Crippen LogP contribution in [0.25, 0.3) is 0 Å². The number of ether oxygens (including phenoxy) is 1. The molecule has 0 spiro atoms. The summed E-state index contributed by atoms with van der Waals surface area (Å²) < 4.78 is 5.39. The van der Waals surface area contributed by atoms with E-state index in [1.807, 2.05) is 0 Å². The molecule has 0 aliphatic heterocycles. The average molecular weight is 305 g/mol. The average Bonchev–Trinajstić information content (AvgIpc) is 2.37. The first-order valence-corrected chi connectivity index (χ1v) is 6.86. The fourth-order valence-corrected chi connectivity index (χ4v) is 1.68. The topological polar surface area (TPSA) is 72.5 Å². The van der Waals surface area contributed by atoms with Crippen LogP contribution in [0.3, 0.4) is 0 Å². The van der Waals surface area contributed by atoms with Gasteiger partial charge < -0.3 is 15.8 Å². The molecule has 1 rings (SSSR count). The summed E-state index contributed by atoms with van der Waals surface area (Å²) in [4.78, 5) is 8.14. The van der Waals surface area contributed by atoms with E-state index < -0.39 is 0 Å². The first kappa shape index (κ1) is 15.9. The molecule has 0 saturated carbocycles. The molecule has 0 radical (unpaired) electrons. The Balaban J connectivity index is 2.25. The van der Waals surface area contributed by atoms with Gasteiger partial charge in [-0.2, -0.15) is 0 Å². The van der Waals surface area contributed by atoms with Crippen molar-refractivity contribution in [3.05, 3.63) is 22.3 Å². The molecule has 0 bridgehead atoms. The Morgan fingerprint density at radius 2 is 2.32 bits per heavy atom. The third-order valence-electron chi connectivity index (χ3n) is 2.21. The van der Waals surface area contributed by atoms with E-state index in [1.165, 1.54) is 6.20 Å². The standard InChI is InChI=1S/C12H18Cl2N4O/c1-2-3-4-16-12(15)17-5-6-19-11-10(14)7-9(13)8-18-11/h7-8H,2-6H2,1H3,(H3,15,16,17). The van der Waals surface area contributed by atoms with Crippen LogP contribution >= 0.6 is 23.2 Å². The normalized spacial score (nSPS) is 11.4. The van der Waals surface area contributed by atoms with Gasteiger partial charge in [-0.25, -0.2) is 4.98 Å². The van der Waals surface area contributed by atoms with Gasteiger partial charge >= 0.3 is 0 Å². The van der Waals surface area contributed by atoms with Gasteiger partial charge in [0.05, 0.1) is 11.6 Å². The Kier molecular flexibility index (Phi) is 7.36. The molecule has 1 heterocycles. The van der Waals surface area contributed by atoms with Crippen LogP contribution in [0.4, 0.5) is 0 Å². The third-order valence-corrected chi connectivity index (χ3v) is 2.69. The molecule has 0 aliphatic carbocycles. The Bertz CT molecular complexity index is 426. The minimum absolute atomic E-state index is 0.356. The Morgan fingerprint density at radius 1 is 1.53 bits per heavy atom. The Labute approximate surface area is 123 Å².